The predicted molar refractivity (Wildman–Crippen MR) is 122 cm³/mol. The zero-order valence-electron chi connectivity index (χ0n) is 18.3. The van der Waals surface area contributed by atoms with Crippen LogP contribution < -0.4 is 4.90 Å². The van der Waals surface area contributed by atoms with Crippen LogP contribution in [0.2, 0.25) is 0 Å². The van der Waals surface area contributed by atoms with Crippen LogP contribution in [0, 0.1) is 19.7 Å². The summed E-state index contributed by atoms with van der Waals surface area (Å²) >= 11 is 1.44. The van der Waals surface area contributed by atoms with Crippen LogP contribution in [0.3, 0.4) is 0 Å². The Kier molecular flexibility index (Phi) is 5.77. The summed E-state index contributed by atoms with van der Waals surface area (Å²) < 4.78 is 23.3. The standard InChI is InChI=1S/C23H26FN5O2S/c1-15-12-20(16(2)28(15)19-5-3-4-17(24)13-19)21(30)14-32-23-26-25-22(29(23)18-6-7-18)27-8-10-31-11-9-27/h3-5,12-13,18H,6-11,14H2,1-2H3. The molecule has 9 heteroatoms. The molecule has 0 N–H and O–H groups in total. The number of nitrogens with zero attached hydrogens (tertiary/aromatic N) is 5. The summed E-state index contributed by atoms with van der Waals surface area (Å²) in [6, 6.07) is 8.72. The molecule has 0 bridgehead atoms. The molecule has 1 aliphatic heterocycles. The van der Waals surface area contributed by atoms with Gasteiger partial charge in [-0.3, -0.25) is 9.36 Å². The molecule has 0 amide bonds. The van der Waals surface area contributed by atoms with Crippen molar-refractivity contribution in [2.24, 2.45) is 0 Å². The molecule has 168 valence electrons. The molecular formula is C23H26FN5O2S. The number of hydrogen-bond acceptors (Lipinski definition) is 6. The highest BCUT2D eigenvalue weighted by Crippen LogP contribution is 2.41. The van der Waals surface area contributed by atoms with Crippen LogP contribution in [-0.2, 0) is 4.74 Å². The van der Waals surface area contributed by atoms with Crippen LogP contribution in [0.1, 0.15) is 40.6 Å². The van der Waals surface area contributed by atoms with Crippen LogP contribution in [0.15, 0.2) is 35.5 Å². The first kappa shape index (κ1) is 21.2. The fraction of sp³-hybridized carbons (Fsp3) is 0.435. The monoisotopic (exact) mass is 455 g/mol. The predicted octanol–water partition coefficient (Wildman–Crippen LogP) is 3.97. The zero-order valence-corrected chi connectivity index (χ0v) is 19.1. The third-order valence-electron chi connectivity index (χ3n) is 5.98. The summed E-state index contributed by atoms with van der Waals surface area (Å²) in [5.74, 6) is 0.898. The number of halogens is 1. The van der Waals surface area contributed by atoms with Crippen molar-refractivity contribution in [2.45, 2.75) is 37.9 Å². The maximum absolute atomic E-state index is 13.7. The molecule has 1 saturated carbocycles. The van der Waals surface area contributed by atoms with Crippen molar-refractivity contribution >= 4 is 23.5 Å². The van der Waals surface area contributed by atoms with E-state index in [1.165, 1.54) is 23.9 Å². The molecule has 1 aromatic carbocycles. The fourth-order valence-corrected chi connectivity index (χ4v) is 5.15. The lowest BCUT2D eigenvalue weighted by Gasteiger charge is -2.27. The smallest absolute Gasteiger partial charge is 0.228 e. The molecule has 5 rings (SSSR count). The van der Waals surface area contributed by atoms with Crippen molar-refractivity contribution < 1.29 is 13.9 Å². The number of thioether (sulfide) groups is 1. The van der Waals surface area contributed by atoms with E-state index in [-0.39, 0.29) is 17.4 Å². The normalized spacial score (nSPS) is 16.5. The van der Waals surface area contributed by atoms with Gasteiger partial charge in [0.1, 0.15) is 5.82 Å². The third kappa shape index (κ3) is 4.06. The van der Waals surface area contributed by atoms with E-state index in [0.717, 1.165) is 54.1 Å². The third-order valence-corrected chi connectivity index (χ3v) is 6.93. The van der Waals surface area contributed by atoms with Crippen LogP contribution in [-0.4, -0.2) is 57.2 Å². The van der Waals surface area contributed by atoms with E-state index in [4.69, 9.17) is 4.74 Å². The first-order chi connectivity index (χ1) is 15.5. The number of rotatable bonds is 7. The Morgan fingerprint density at radius 1 is 1.19 bits per heavy atom. The van der Waals surface area contributed by atoms with Crippen molar-refractivity contribution in [1.82, 2.24) is 19.3 Å². The van der Waals surface area contributed by atoms with E-state index in [1.807, 2.05) is 30.5 Å². The number of carbonyl (C=O) groups excluding carboxylic acids is 1. The van der Waals surface area contributed by atoms with Crippen molar-refractivity contribution in [2.75, 3.05) is 37.0 Å². The minimum atomic E-state index is -0.297. The van der Waals surface area contributed by atoms with E-state index in [0.29, 0.717) is 24.8 Å². The second kappa shape index (κ2) is 8.71. The fourth-order valence-electron chi connectivity index (χ4n) is 4.26. The summed E-state index contributed by atoms with van der Waals surface area (Å²) in [7, 11) is 0. The van der Waals surface area contributed by atoms with E-state index in [9.17, 15) is 9.18 Å². The van der Waals surface area contributed by atoms with Gasteiger partial charge in [0.2, 0.25) is 5.95 Å². The molecule has 0 unspecified atom stereocenters. The first-order valence-electron chi connectivity index (χ1n) is 10.9. The molecule has 7 nitrogen and oxygen atoms in total. The zero-order chi connectivity index (χ0) is 22.2. The average molecular weight is 456 g/mol. The van der Waals surface area contributed by atoms with Crippen LogP contribution in [0.5, 0.6) is 0 Å². The number of carbonyl (C=O) groups is 1. The van der Waals surface area contributed by atoms with Gasteiger partial charge < -0.3 is 14.2 Å². The van der Waals surface area contributed by atoms with Gasteiger partial charge in [0.15, 0.2) is 10.9 Å². The Hall–Kier alpha value is -2.65. The summed E-state index contributed by atoms with van der Waals surface area (Å²) in [4.78, 5) is 15.3. The molecule has 2 fully saturated rings. The van der Waals surface area contributed by atoms with Gasteiger partial charge >= 0.3 is 0 Å². The summed E-state index contributed by atoms with van der Waals surface area (Å²) in [5, 5.41) is 9.65. The first-order valence-corrected chi connectivity index (χ1v) is 11.9. The highest BCUT2D eigenvalue weighted by molar-refractivity contribution is 7.99. The number of anilines is 1. The second-order valence-electron chi connectivity index (χ2n) is 8.30. The van der Waals surface area contributed by atoms with Crippen LogP contribution in [0.4, 0.5) is 10.3 Å². The SMILES string of the molecule is Cc1cc(C(=O)CSc2nnc(N3CCOCC3)n2C2CC2)c(C)n1-c1cccc(F)c1. The van der Waals surface area contributed by atoms with E-state index in [2.05, 4.69) is 19.7 Å². The summed E-state index contributed by atoms with van der Waals surface area (Å²) in [5.41, 5.74) is 3.09. The van der Waals surface area contributed by atoms with Crippen molar-refractivity contribution in [3.8, 4) is 5.69 Å². The number of ether oxygens (including phenoxy) is 1. The molecule has 3 heterocycles. The number of ketones is 1. The number of aryl methyl sites for hydroxylation is 1. The van der Waals surface area contributed by atoms with Crippen LogP contribution >= 0.6 is 11.8 Å². The van der Waals surface area contributed by atoms with Crippen molar-refractivity contribution in [1.29, 1.82) is 0 Å². The van der Waals surface area contributed by atoms with Crippen LogP contribution in [0.25, 0.3) is 5.69 Å². The Morgan fingerprint density at radius 2 is 1.97 bits per heavy atom. The largest absolute Gasteiger partial charge is 0.378 e. The van der Waals surface area contributed by atoms with Gasteiger partial charge in [-0.05, 0) is 51.0 Å². The lowest BCUT2D eigenvalue weighted by molar-refractivity contribution is 0.102. The molecule has 2 aliphatic rings. The van der Waals surface area contributed by atoms with Gasteiger partial charge in [0.05, 0.1) is 19.0 Å². The van der Waals surface area contributed by atoms with Gasteiger partial charge in [-0.15, -0.1) is 10.2 Å². The highest BCUT2D eigenvalue weighted by Gasteiger charge is 2.32. The molecule has 32 heavy (non-hydrogen) atoms. The Bertz CT molecular complexity index is 1150. The molecule has 0 spiro atoms. The van der Waals surface area contributed by atoms with E-state index >= 15 is 0 Å². The van der Waals surface area contributed by atoms with Gasteiger partial charge in [-0.1, -0.05) is 17.8 Å². The van der Waals surface area contributed by atoms with Gasteiger partial charge in [-0.25, -0.2) is 4.39 Å². The maximum atomic E-state index is 13.7. The lowest BCUT2D eigenvalue weighted by atomic mass is 10.2. The van der Waals surface area contributed by atoms with Gasteiger partial charge in [0.25, 0.3) is 0 Å². The molecule has 1 saturated heterocycles. The number of hydrogen-bond donors (Lipinski definition) is 0. The minimum absolute atomic E-state index is 0.0315. The number of aromatic nitrogens is 4. The quantitative estimate of drug-likeness (QED) is 0.397. The van der Waals surface area contributed by atoms with E-state index < -0.39 is 0 Å². The lowest BCUT2D eigenvalue weighted by Crippen LogP contribution is -2.38. The average Bonchev–Trinajstić information content (AvgIpc) is 3.47. The molecule has 1 aliphatic carbocycles. The number of benzene rings is 1. The van der Waals surface area contributed by atoms with Crippen molar-refractivity contribution in [3.05, 3.63) is 53.1 Å². The number of morpholine rings is 1. The van der Waals surface area contributed by atoms with Gasteiger partial charge in [0, 0.05) is 41.8 Å². The summed E-state index contributed by atoms with van der Waals surface area (Å²) in [6.07, 6.45) is 2.23. The maximum Gasteiger partial charge on any atom is 0.228 e. The topological polar surface area (TPSA) is 65.2 Å². The number of Topliss-reactive ketones (excluding diaryl/α,β-unsaturated/α-hetero) is 1. The molecule has 2 aromatic heterocycles. The highest BCUT2D eigenvalue weighted by atomic mass is 32.2. The Morgan fingerprint density at radius 3 is 2.69 bits per heavy atom. The van der Waals surface area contributed by atoms with E-state index in [1.54, 1.807) is 6.07 Å². The molecule has 0 radical (unpaired) electrons. The second-order valence-corrected chi connectivity index (χ2v) is 9.24. The molecular weight excluding hydrogens is 429 g/mol. The molecule has 0 atom stereocenters. The minimum Gasteiger partial charge on any atom is -0.378 e. The Balaban J connectivity index is 1.35. The Labute approximate surface area is 190 Å². The van der Waals surface area contributed by atoms with Crippen molar-refractivity contribution in [3.63, 3.8) is 0 Å². The van der Waals surface area contributed by atoms with Gasteiger partial charge in [-0.2, -0.15) is 0 Å². The molecule has 3 aromatic rings. The summed E-state index contributed by atoms with van der Waals surface area (Å²) in [6.45, 7) is 6.83.